The Balaban J connectivity index is 1.85. The lowest BCUT2D eigenvalue weighted by atomic mass is 10.1. The van der Waals surface area contributed by atoms with E-state index in [9.17, 15) is 13.2 Å². The third-order valence-corrected chi connectivity index (χ3v) is 4.65. The Morgan fingerprint density at radius 1 is 1.33 bits per heavy atom. The largest absolute Gasteiger partial charge is 0.381 e. The lowest BCUT2D eigenvalue weighted by molar-refractivity contribution is -0.125. The topological polar surface area (TPSA) is 72.5 Å². The summed E-state index contributed by atoms with van der Waals surface area (Å²) in [7, 11) is -2.91. The maximum absolute atomic E-state index is 11.6. The highest BCUT2D eigenvalue weighted by molar-refractivity contribution is 7.91. The number of rotatable bonds is 2. The van der Waals surface area contributed by atoms with Crippen LogP contribution in [0.15, 0.2) is 0 Å². The fourth-order valence-electron chi connectivity index (χ4n) is 1.97. The van der Waals surface area contributed by atoms with E-state index in [0.29, 0.717) is 19.6 Å². The van der Waals surface area contributed by atoms with E-state index in [-0.39, 0.29) is 29.4 Å². The molecule has 2 heterocycles. The molecule has 0 bridgehead atoms. The normalized spacial score (nSPS) is 34.1. The number of hydrogen-bond donors (Lipinski definition) is 1. The maximum atomic E-state index is 11.6. The second-order valence-electron chi connectivity index (χ2n) is 4.17. The lowest BCUT2D eigenvalue weighted by Crippen LogP contribution is -2.39. The first-order valence-corrected chi connectivity index (χ1v) is 6.97. The molecule has 0 aromatic rings. The molecule has 2 saturated heterocycles. The number of hydrogen-bond acceptors (Lipinski definition) is 4. The van der Waals surface area contributed by atoms with E-state index in [1.165, 1.54) is 0 Å². The van der Waals surface area contributed by atoms with E-state index in [1.807, 2.05) is 0 Å². The van der Waals surface area contributed by atoms with Crippen molar-refractivity contribution < 1.29 is 17.9 Å². The molecular formula is C9H15NO4S. The molecule has 5 nitrogen and oxygen atoms in total. The average molecular weight is 233 g/mol. The number of nitrogens with one attached hydrogen (secondary N) is 1. The molecule has 0 spiro atoms. The quantitative estimate of drug-likeness (QED) is 0.686. The van der Waals surface area contributed by atoms with Gasteiger partial charge in [-0.15, -0.1) is 0 Å². The molecule has 2 aliphatic rings. The van der Waals surface area contributed by atoms with Gasteiger partial charge in [0.05, 0.1) is 24.0 Å². The van der Waals surface area contributed by atoms with Crippen molar-refractivity contribution in [2.45, 2.75) is 18.9 Å². The summed E-state index contributed by atoms with van der Waals surface area (Å²) in [6.07, 6.45) is 1.28. The van der Waals surface area contributed by atoms with Crippen molar-refractivity contribution >= 4 is 15.7 Å². The van der Waals surface area contributed by atoms with Crippen molar-refractivity contribution in [3.8, 4) is 0 Å². The van der Waals surface area contributed by atoms with Crippen LogP contribution in [0.25, 0.3) is 0 Å². The molecule has 2 aliphatic heterocycles. The zero-order valence-electron chi connectivity index (χ0n) is 8.44. The van der Waals surface area contributed by atoms with Crippen LogP contribution < -0.4 is 5.32 Å². The van der Waals surface area contributed by atoms with Crippen molar-refractivity contribution in [3.63, 3.8) is 0 Å². The van der Waals surface area contributed by atoms with E-state index in [4.69, 9.17) is 4.74 Å². The van der Waals surface area contributed by atoms with Crippen LogP contribution in [0.3, 0.4) is 0 Å². The van der Waals surface area contributed by atoms with E-state index in [2.05, 4.69) is 5.32 Å². The Hall–Kier alpha value is -0.620. The van der Waals surface area contributed by atoms with Crippen LogP contribution in [-0.2, 0) is 19.4 Å². The zero-order chi connectivity index (χ0) is 10.9. The van der Waals surface area contributed by atoms with Gasteiger partial charge in [0, 0.05) is 12.6 Å². The van der Waals surface area contributed by atoms with Crippen LogP contribution >= 0.6 is 0 Å². The Bertz CT molecular complexity index is 345. The summed E-state index contributed by atoms with van der Waals surface area (Å²) in [6.45, 7) is 1.09. The van der Waals surface area contributed by atoms with Gasteiger partial charge < -0.3 is 10.1 Å². The molecule has 1 amide bonds. The first-order chi connectivity index (χ1) is 7.07. The first-order valence-electron chi connectivity index (χ1n) is 5.15. The van der Waals surface area contributed by atoms with Gasteiger partial charge in [-0.3, -0.25) is 4.79 Å². The third-order valence-electron chi connectivity index (χ3n) is 2.88. The highest BCUT2D eigenvalue weighted by Gasteiger charge is 2.31. The van der Waals surface area contributed by atoms with Crippen molar-refractivity contribution in [1.82, 2.24) is 5.32 Å². The van der Waals surface area contributed by atoms with Crippen molar-refractivity contribution in [2.75, 3.05) is 24.7 Å². The molecule has 0 aliphatic carbocycles. The zero-order valence-corrected chi connectivity index (χ0v) is 9.26. The van der Waals surface area contributed by atoms with Gasteiger partial charge in [0.1, 0.15) is 0 Å². The molecule has 2 fully saturated rings. The highest BCUT2D eigenvalue weighted by Crippen LogP contribution is 2.15. The molecule has 0 aromatic carbocycles. The monoisotopic (exact) mass is 233 g/mol. The minimum atomic E-state index is -2.91. The summed E-state index contributed by atoms with van der Waals surface area (Å²) < 4.78 is 27.4. The molecule has 86 valence electrons. The Morgan fingerprint density at radius 2 is 2.13 bits per heavy atom. The average Bonchev–Trinajstić information content (AvgIpc) is 2.74. The number of sulfone groups is 1. The smallest absolute Gasteiger partial charge is 0.225 e. The fourth-order valence-corrected chi connectivity index (χ4v) is 3.64. The molecule has 2 atom stereocenters. The minimum absolute atomic E-state index is 0.0606. The summed E-state index contributed by atoms with van der Waals surface area (Å²) in [5.74, 6) is 0.133. The van der Waals surface area contributed by atoms with Crippen LogP contribution in [0.4, 0.5) is 0 Å². The summed E-state index contributed by atoms with van der Waals surface area (Å²) in [5, 5.41) is 2.78. The summed E-state index contributed by atoms with van der Waals surface area (Å²) in [5.41, 5.74) is 0. The van der Waals surface area contributed by atoms with Gasteiger partial charge in [-0.25, -0.2) is 8.42 Å². The van der Waals surface area contributed by atoms with Gasteiger partial charge in [0.25, 0.3) is 0 Å². The first kappa shape index (κ1) is 10.9. The molecule has 15 heavy (non-hydrogen) atoms. The van der Waals surface area contributed by atoms with E-state index in [1.54, 1.807) is 0 Å². The molecule has 2 unspecified atom stereocenters. The standard InChI is InChI=1S/C9H15NO4S/c11-9(7-1-3-14-5-7)10-8-2-4-15(12,13)6-8/h7-8H,1-6H2,(H,10,11). The second kappa shape index (κ2) is 4.09. The fraction of sp³-hybridized carbons (Fsp3) is 0.889. The van der Waals surface area contributed by atoms with Crippen LogP contribution in [0, 0.1) is 5.92 Å². The third kappa shape index (κ3) is 2.69. The van der Waals surface area contributed by atoms with Crippen LogP contribution in [-0.4, -0.2) is 45.1 Å². The molecule has 0 aromatic heterocycles. The van der Waals surface area contributed by atoms with Gasteiger partial charge in [-0.05, 0) is 12.8 Å². The number of carbonyl (C=O) groups is 1. The van der Waals surface area contributed by atoms with Crippen LogP contribution in [0.2, 0.25) is 0 Å². The summed E-state index contributed by atoms with van der Waals surface area (Å²) >= 11 is 0. The van der Waals surface area contributed by atoms with Crippen molar-refractivity contribution in [2.24, 2.45) is 5.92 Å². The summed E-state index contributed by atoms with van der Waals surface area (Å²) in [4.78, 5) is 11.6. The molecule has 0 saturated carbocycles. The van der Waals surface area contributed by atoms with E-state index in [0.717, 1.165) is 6.42 Å². The number of ether oxygens (including phenoxy) is 1. The Labute approximate surface area is 89.1 Å². The van der Waals surface area contributed by atoms with Gasteiger partial charge in [0.15, 0.2) is 9.84 Å². The molecule has 2 rings (SSSR count). The second-order valence-corrected chi connectivity index (χ2v) is 6.40. The molecular weight excluding hydrogens is 218 g/mol. The molecule has 6 heteroatoms. The predicted octanol–water partition coefficient (Wildman–Crippen LogP) is -0.674. The molecule has 0 radical (unpaired) electrons. The maximum Gasteiger partial charge on any atom is 0.225 e. The van der Waals surface area contributed by atoms with Gasteiger partial charge in [-0.2, -0.15) is 0 Å². The van der Waals surface area contributed by atoms with Crippen molar-refractivity contribution in [1.29, 1.82) is 0 Å². The van der Waals surface area contributed by atoms with Crippen LogP contribution in [0.1, 0.15) is 12.8 Å². The lowest BCUT2D eigenvalue weighted by Gasteiger charge is -2.13. The van der Waals surface area contributed by atoms with Crippen LogP contribution in [0.5, 0.6) is 0 Å². The molecule has 1 N–H and O–H groups in total. The minimum Gasteiger partial charge on any atom is -0.381 e. The summed E-state index contributed by atoms with van der Waals surface area (Å²) in [6, 6.07) is -0.192. The van der Waals surface area contributed by atoms with Crippen molar-refractivity contribution in [3.05, 3.63) is 0 Å². The Morgan fingerprint density at radius 3 is 2.67 bits per heavy atom. The SMILES string of the molecule is O=C(NC1CCS(=O)(=O)C1)C1CCOC1. The van der Waals surface area contributed by atoms with E-state index < -0.39 is 9.84 Å². The number of carbonyl (C=O) groups excluding carboxylic acids is 1. The van der Waals surface area contributed by atoms with Gasteiger partial charge >= 0.3 is 0 Å². The highest BCUT2D eigenvalue weighted by atomic mass is 32.2. The number of amides is 1. The Kier molecular flexibility index (Phi) is 2.97. The van der Waals surface area contributed by atoms with Gasteiger partial charge in [-0.1, -0.05) is 0 Å². The van der Waals surface area contributed by atoms with Gasteiger partial charge in [0.2, 0.25) is 5.91 Å². The van der Waals surface area contributed by atoms with E-state index >= 15 is 0 Å². The predicted molar refractivity (Wildman–Crippen MR) is 54.1 cm³/mol.